The third kappa shape index (κ3) is 4.84. The van der Waals surface area contributed by atoms with Crippen LogP contribution in [0.5, 0.6) is 23.0 Å². The average Bonchev–Trinajstić information content (AvgIpc) is 3.43. The van der Waals surface area contributed by atoms with E-state index in [1.807, 2.05) is 0 Å². The molecule has 36 heavy (non-hydrogen) atoms. The van der Waals surface area contributed by atoms with Gasteiger partial charge in [0.2, 0.25) is 6.79 Å². The minimum atomic E-state index is -0.433. The van der Waals surface area contributed by atoms with E-state index in [9.17, 15) is 14.0 Å². The monoisotopic (exact) mass is 527 g/mol. The number of carbonyl (C=O) groups is 2. The van der Waals surface area contributed by atoms with Crippen LogP contribution < -0.4 is 18.9 Å². The fourth-order valence-electron chi connectivity index (χ4n) is 3.70. The van der Waals surface area contributed by atoms with E-state index in [2.05, 4.69) is 0 Å². The summed E-state index contributed by atoms with van der Waals surface area (Å²) in [6.07, 6.45) is 1.61. The molecule has 0 aromatic heterocycles. The van der Waals surface area contributed by atoms with Gasteiger partial charge >= 0.3 is 0 Å². The molecule has 2 aliphatic rings. The highest BCUT2D eigenvalue weighted by Gasteiger charge is 2.35. The number of halogens is 2. The van der Waals surface area contributed by atoms with Gasteiger partial charge in [-0.05, 0) is 53.2 Å². The van der Waals surface area contributed by atoms with E-state index in [0.29, 0.717) is 44.7 Å². The van der Waals surface area contributed by atoms with Crippen LogP contribution in [-0.2, 0) is 17.9 Å². The van der Waals surface area contributed by atoms with Crippen LogP contribution in [0.2, 0.25) is 5.02 Å². The van der Waals surface area contributed by atoms with Crippen molar-refractivity contribution < 1.29 is 32.9 Å². The average molecular weight is 528 g/mol. The molecular formula is C26H19ClFNO6S. The molecule has 2 heterocycles. The number of nitrogens with zero attached hydrogens (tertiary/aromatic N) is 1. The second kappa shape index (κ2) is 10.1. The standard InChI is InChI=1S/C26H19ClFNO6S/c1-32-21-8-15(6-7-20(21)33-13-16-4-2-3-5-19(16)28)9-24-25(30)29(26(31)36-24)12-17-10-22-23(11-18(17)27)35-14-34-22/h2-11H,12-14H2,1H3/b24-9+. The maximum atomic E-state index is 13.9. The molecule has 0 N–H and O–H groups in total. The molecule has 0 aliphatic carbocycles. The first kappa shape index (κ1) is 24.0. The Kier molecular flexibility index (Phi) is 6.75. The fourth-order valence-corrected chi connectivity index (χ4v) is 4.75. The Morgan fingerprint density at radius 2 is 1.83 bits per heavy atom. The molecule has 3 aromatic rings. The van der Waals surface area contributed by atoms with Gasteiger partial charge in [0.1, 0.15) is 12.4 Å². The number of benzene rings is 3. The molecule has 1 saturated heterocycles. The Hall–Kier alpha value is -3.69. The van der Waals surface area contributed by atoms with Gasteiger partial charge in [0.15, 0.2) is 23.0 Å². The van der Waals surface area contributed by atoms with Gasteiger partial charge in [-0.3, -0.25) is 14.5 Å². The highest BCUT2D eigenvalue weighted by atomic mass is 35.5. The molecule has 0 bridgehead atoms. The number of amides is 2. The van der Waals surface area contributed by atoms with Gasteiger partial charge in [0, 0.05) is 16.7 Å². The lowest BCUT2D eigenvalue weighted by atomic mass is 10.1. The summed E-state index contributed by atoms with van der Waals surface area (Å²) in [5, 5.41) is -0.0326. The van der Waals surface area contributed by atoms with Gasteiger partial charge in [-0.15, -0.1) is 0 Å². The van der Waals surface area contributed by atoms with Crippen LogP contribution in [0.3, 0.4) is 0 Å². The van der Waals surface area contributed by atoms with E-state index in [-0.39, 0.29) is 30.7 Å². The third-order valence-corrected chi connectivity index (χ3v) is 6.83. The van der Waals surface area contributed by atoms with Crippen molar-refractivity contribution >= 4 is 40.6 Å². The van der Waals surface area contributed by atoms with Gasteiger partial charge in [-0.25, -0.2) is 4.39 Å². The molecule has 2 amide bonds. The highest BCUT2D eigenvalue weighted by Crippen LogP contribution is 2.40. The summed E-state index contributed by atoms with van der Waals surface area (Å²) >= 11 is 7.16. The van der Waals surface area contributed by atoms with Gasteiger partial charge in [0.25, 0.3) is 11.1 Å². The van der Waals surface area contributed by atoms with Crippen molar-refractivity contribution in [3.8, 4) is 23.0 Å². The maximum Gasteiger partial charge on any atom is 0.293 e. The topological polar surface area (TPSA) is 74.3 Å². The number of thioether (sulfide) groups is 1. The molecule has 5 rings (SSSR count). The zero-order chi connectivity index (χ0) is 25.2. The fraction of sp³-hybridized carbons (Fsp3) is 0.154. The molecule has 7 nitrogen and oxygen atoms in total. The molecule has 0 saturated carbocycles. The summed E-state index contributed by atoms with van der Waals surface area (Å²) in [4.78, 5) is 27.0. The zero-order valence-electron chi connectivity index (χ0n) is 19.0. The Morgan fingerprint density at radius 1 is 1.06 bits per heavy atom. The largest absolute Gasteiger partial charge is 0.493 e. The van der Waals surface area contributed by atoms with Crippen molar-refractivity contribution in [2.75, 3.05) is 13.9 Å². The molecule has 0 atom stereocenters. The molecule has 0 radical (unpaired) electrons. The van der Waals surface area contributed by atoms with E-state index in [0.717, 1.165) is 16.7 Å². The molecule has 10 heteroatoms. The van der Waals surface area contributed by atoms with Crippen LogP contribution in [0.25, 0.3) is 6.08 Å². The van der Waals surface area contributed by atoms with Crippen molar-refractivity contribution in [1.29, 1.82) is 0 Å². The molecular weight excluding hydrogens is 509 g/mol. The normalized spacial score (nSPS) is 15.6. The number of rotatable bonds is 7. The third-order valence-electron chi connectivity index (χ3n) is 5.57. The van der Waals surface area contributed by atoms with Crippen molar-refractivity contribution in [2.45, 2.75) is 13.2 Å². The van der Waals surface area contributed by atoms with Crippen LogP contribution in [0.15, 0.2) is 59.5 Å². The number of ether oxygens (including phenoxy) is 4. The Labute approximate surface area is 215 Å². The highest BCUT2D eigenvalue weighted by molar-refractivity contribution is 8.18. The molecule has 0 spiro atoms. The first-order valence-electron chi connectivity index (χ1n) is 10.8. The zero-order valence-corrected chi connectivity index (χ0v) is 20.5. The molecule has 1 fully saturated rings. The van der Waals surface area contributed by atoms with E-state index < -0.39 is 11.1 Å². The summed E-state index contributed by atoms with van der Waals surface area (Å²) in [6.45, 7) is 0.128. The summed E-state index contributed by atoms with van der Waals surface area (Å²) in [7, 11) is 1.48. The quantitative estimate of drug-likeness (QED) is 0.347. The lowest BCUT2D eigenvalue weighted by molar-refractivity contribution is -0.123. The van der Waals surface area contributed by atoms with E-state index in [4.69, 9.17) is 30.5 Å². The van der Waals surface area contributed by atoms with Gasteiger partial charge in [-0.2, -0.15) is 0 Å². The number of imide groups is 1. The molecule has 3 aromatic carbocycles. The summed E-state index contributed by atoms with van der Waals surface area (Å²) in [6, 6.07) is 14.7. The number of carbonyl (C=O) groups excluding carboxylic acids is 2. The van der Waals surface area contributed by atoms with E-state index in [1.54, 1.807) is 54.6 Å². The van der Waals surface area contributed by atoms with E-state index in [1.165, 1.54) is 13.2 Å². The molecule has 2 aliphatic heterocycles. The van der Waals surface area contributed by atoms with Crippen LogP contribution in [0.4, 0.5) is 9.18 Å². The summed E-state index contributed by atoms with van der Waals surface area (Å²) in [5.41, 5.74) is 1.62. The summed E-state index contributed by atoms with van der Waals surface area (Å²) in [5.74, 6) is 1.08. The molecule has 184 valence electrons. The Balaban J connectivity index is 1.32. The number of hydrogen-bond donors (Lipinski definition) is 0. The van der Waals surface area contributed by atoms with Crippen molar-refractivity contribution in [2.24, 2.45) is 0 Å². The lowest BCUT2D eigenvalue weighted by Gasteiger charge is -2.14. The minimum absolute atomic E-state index is 0.00360. The smallest absolute Gasteiger partial charge is 0.293 e. The first-order valence-corrected chi connectivity index (χ1v) is 12.0. The van der Waals surface area contributed by atoms with Crippen LogP contribution in [-0.4, -0.2) is 29.9 Å². The van der Waals surface area contributed by atoms with Crippen molar-refractivity contribution in [1.82, 2.24) is 4.90 Å². The number of hydrogen-bond acceptors (Lipinski definition) is 7. The van der Waals surface area contributed by atoms with Gasteiger partial charge in [-0.1, -0.05) is 35.9 Å². The SMILES string of the molecule is COc1cc(/C=C2/SC(=O)N(Cc3cc4c(cc3Cl)OCO4)C2=O)ccc1OCc1ccccc1F. The van der Waals surface area contributed by atoms with Gasteiger partial charge < -0.3 is 18.9 Å². The Bertz CT molecular complexity index is 1390. The van der Waals surface area contributed by atoms with Crippen LogP contribution in [0.1, 0.15) is 16.7 Å². The van der Waals surface area contributed by atoms with Gasteiger partial charge in [0.05, 0.1) is 18.6 Å². The lowest BCUT2D eigenvalue weighted by Crippen LogP contribution is -2.27. The predicted octanol–water partition coefficient (Wildman–Crippen LogP) is 6.03. The number of fused-ring (bicyclic) bond motifs is 1. The van der Waals surface area contributed by atoms with Crippen LogP contribution >= 0.6 is 23.4 Å². The minimum Gasteiger partial charge on any atom is -0.493 e. The number of methoxy groups -OCH3 is 1. The second-order valence-electron chi connectivity index (χ2n) is 7.86. The molecule has 0 unspecified atom stereocenters. The second-order valence-corrected chi connectivity index (χ2v) is 9.26. The Morgan fingerprint density at radius 3 is 2.61 bits per heavy atom. The van der Waals surface area contributed by atoms with Crippen molar-refractivity contribution in [3.63, 3.8) is 0 Å². The maximum absolute atomic E-state index is 13.9. The summed E-state index contributed by atoms with van der Waals surface area (Å²) < 4.78 is 35.7. The first-order chi connectivity index (χ1) is 17.4. The predicted molar refractivity (Wildman–Crippen MR) is 133 cm³/mol. The van der Waals surface area contributed by atoms with Crippen LogP contribution in [0, 0.1) is 5.82 Å². The van der Waals surface area contributed by atoms with E-state index >= 15 is 0 Å². The van der Waals surface area contributed by atoms with Crippen molar-refractivity contribution in [3.05, 3.63) is 87.0 Å².